The summed E-state index contributed by atoms with van der Waals surface area (Å²) in [4.78, 5) is 22.3. The molecule has 5 nitrogen and oxygen atoms in total. The molecule has 112 valence electrons. The molecule has 0 bridgehead atoms. The molecule has 1 aromatic rings. The first kappa shape index (κ1) is 16.7. The van der Waals surface area contributed by atoms with Crippen LogP contribution in [0.2, 0.25) is 0 Å². The number of carbonyl (C=O) groups excluding carboxylic acids is 1. The lowest BCUT2D eigenvalue weighted by atomic mass is 9.86. The van der Waals surface area contributed by atoms with Gasteiger partial charge in [0, 0.05) is 18.5 Å². The number of carboxylic acids is 1. The number of hydrogen-bond donors (Lipinski definition) is 2. The summed E-state index contributed by atoms with van der Waals surface area (Å²) >= 11 is 0. The van der Waals surface area contributed by atoms with E-state index in [9.17, 15) is 9.59 Å². The van der Waals surface area contributed by atoms with E-state index in [1.807, 2.05) is 13.8 Å². The predicted octanol–water partition coefficient (Wildman–Crippen LogP) is 2.93. The number of nitrogens with zero attached hydrogens (tertiary/aromatic N) is 1. The Kier molecular flexibility index (Phi) is 5.48. The van der Waals surface area contributed by atoms with Crippen LogP contribution in [0.1, 0.15) is 39.2 Å². The summed E-state index contributed by atoms with van der Waals surface area (Å²) in [5.41, 5.74) is 0.945. The average molecular weight is 288 g/mol. The van der Waals surface area contributed by atoms with Gasteiger partial charge in [-0.15, -0.1) is 0 Å². The molecule has 5 heteroatoms. The molecule has 0 aliphatic rings. The summed E-state index contributed by atoms with van der Waals surface area (Å²) in [6.07, 6.45) is 0.139. The smallest absolute Gasteiger partial charge is 0.303 e. The summed E-state index contributed by atoms with van der Waals surface area (Å²) < 4.78 is 0. The lowest BCUT2D eigenvalue weighted by Gasteiger charge is -2.16. The number of carbonyl (C=O) groups is 2. The third-order valence-electron chi connectivity index (χ3n) is 3.23. The molecule has 21 heavy (non-hydrogen) atoms. The highest BCUT2D eigenvalue weighted by Gasteiger charge is 2.19. The maximum Gasteiger partial charge on any atom is 0.303 e. The van der Waals surface area contributed by atoms with Crippen molar-refractivity contribution in [3.63, 3.8) is 0 Å². The van der Waals surface area contributed by atoms with Crippen molar-refractivity contribution in [3.8, 4) is 6.07 Å². The number of nitrogens with one attached hydrogen (secondary N) is 1. The average Bonchev–Trinajstić information content (AvgIpc) is 2.38. The molecule has 1 unspecified atom stereocenters. The standard InChI is InChI=1S/C16H20N2O3/c1-11(9-15(20)21)8-14(19)18-13-6-4-12(5-7-13)16(2,3)10-17/h4-7,11H,8-9H2,1-3H3,(H,18,19)(H,20,21). The normalized spacial score (nSPS) is 12.3. The number of aliphatic carboxylic acids is 1. The summed E-state index contributed by atoms with van der Waals surface area (Å²) in [5.74, 6) is -1.33. The van der Waals surface area contributed by atoms with E-state index in [1.165, 1.54) is 0 Å². The molecule has 1 atom stereocenters. The number of amides is 1. The first-order valence-electron chi connectivity index (χ1n) is 6.78. The zero-order chi connectivity index (χ0) is 16.0. The van der Waals surface area contributed by atoms with E-state index in [-0.39, 0.29) is 24.7 Å². The number of benzene rings is 1. The molecule has 1 aromatic carbocycles. The Morgan fingerprint density at radius 2 is 1.86 bits per heavy atom. The minimum Gasteiger partial charge on any atom is -0.481 e. The molecule has 0 radical (unpaired) electrons. The maximum atomic E-state index is 11.8. The summed E-state index contributed by atoms with van der Waals surface area (Å²) in [7, 11) is 0. The topological polar surface area (TPSA) is 90.2 Å². The lowest BCUT2D eigenvalue weighted by Crippen LogP contribution is -2.17. The van der Waals surface area contributed by atoms with Crippen LogP contribution in [-0.2, 0) is 15.0 Å². The van der Waals surface area contributed by atoms with Crippen LogP contribution in [0, 0.1) is 17.2 Å². The molecule has 1 rings (SSSR count). The van der Waals surface area contributed by atoms with Crippen LogP contribution in [-0.4, -0.2) is 17.0 Å². The van der Waals surface area contributed by atoms with Crippen molar-refractivity contribution >= 4 is 17.6 Å². The van der Waals surface area contributed by atoms with Gasteiger partial charge in [0.25, 0.3) is 0 Å². The molecule has 0 spiro atoms. The third-order valence-corrected chi connectivity index (χ3v) is 3.23. The van der Waals surface area contributed by atoms with E-state index in [0.29, 0.717) is 5.69 Å². The molecule has 1 amide bonds. The predicted molar refractivity (Wildman–Crippen MR) is 79.7 cm³/mol. The Morgan fingerprint density at radius 1 is 1.29 bits per heavy atom. The second kappa shape index (κ2) is 6.89. The highest BCUT2D eigenvalue weighted by atomic mass is 16.4. The fraction of sp³-hybridized carbons (Fsp3) is 0.438. The van der Waals surface area contributed by atoms with E-state index >= 15 is 0 Å². The van der Waals surface area contributed by atoms with E-state index in [1.54, 1.807) is 31.2 Å². The molecule has 0 saturated heterocycles. The van der Waals surface area contributed by atoms with Crippen molar-refractivity contribution in [2.75, 3.05) is 5.32 Å². The minimum atomic E-state index is -0.904. The molecular weight excluding hydrogens is 268 g/mol. The van der Waals surface area contributed by atoms with E-state index in [2.05, 4.69) is 11.4 Å². The number of carboxylic acid groups (broad SMARTS) is 1. The van der Waals surface area contributed by atoms with E-state index in [4.69, 9.17) is 10.4 Å². The maximum absolute atomic E-state index is 11.8. The largest absolute Gasteiger partial charge is 0.481 e. The van der Waals surface area contributed by atoms with Crippen LogP contribution in [0.15, 0.2) is 24.3 Å². The van der Waals surface area contributed by atoms with Gasteiger partial charge in [0.1, 0.15) is 0 Å². The quantitative estimate of drug-likeness (QED) is 0.842. The van der Waals surface area contributed by atoms with Gasteiger partial charge < -0.3 is 10.4 Å². The number of nitriles is 1. The van der Waals surface area contributed by atoms with Crippen molar-refractivity contribution in [1.82, 2.24) is 0 Å². The van der Waals surface area contributed by atoms with Crippen molar-refractivity contribution < 1.29 is 14.7 Å². The number of hydrogen-bond acceptors (Lipinski definition) is 3. The summed E-state index contributed by atoms with van der Waals surface area (Å²) in [5, 5.41) is 20.5. The molecule has 0 aromatic heterocycles. The van der Waals surface area contributed by atoms with Gasteiger partial charge in [0.05, 0.1) is 11.5 Å². The monoisotopic (exact) mass is 288 g/mol. The van der Waals surface area contributed by atoms with E-state index in [0.717, 1.165) is 5.56 Å². The third kappa shape index (κ3) is 5.27. The Balaban J connectivity index is 2.62. The molecular formula is C16H20N2O3. The SMILES string of the molecule is CC(CC(=O)O)CC(=O)Nc1ccc(C(C)(C)C#N)cc1. The molecule has 2 N–H and O–H groups in total. The molecule has 0 fully saturated rings. The van der Waals surface area contributed by atoms with Crippen LogP contribution in [0.4, 0.5) is 5.69 Å². The first-order valence-corrected chi connectivity index (χ1v) is 6.78. The van der Waals surface area contributed by atoms with Crippen molar-refractivity contribution in [3.05, 3.63) is 29.8 Å². The van der Waals surface area contributed by atoms with Gasteiger partial charge in [-0.05, 0) is 37.5 Å². The molecule has 0 saturated carbocycles. The second-order valence-electron chi connectivity index (χ2n) is 5.77. The van der Waals surface area contributed by atoms with Gasteiger partial charge in [-0.3, -0.25) is 9.59 Å². The Hall–Kier alpha value is -2.35. The highest BCUT2D eigenvalue weighted by molar-refractivity contribution is 5.91. The van der Waals surface area contributed by atoms with Gasteiger partial charge in [-0.1, -0.05) is 19.1 Å². The fourth-order valence-corrected chi connectivity index (χ4v) is 1.93. The summed E-state index contributed by atoms with van der Waals surface area (Å²) in [6.45, 7) is 5.38. The molecule has 0 aliphatic carbocycles. The Bertz CT molecular complexity index is 556. The summed E-state index contributed by atoms with van der Waals surface area (Å²) in [6, 6.07) is 9.32. The van der Waals surface area contributed by atoms with Gasteiger partial charge >= 0.3 is 5.97 Å². The van der Waals surface area contributed by atoms with Gasteiger partial charge in [-0.2, -0.15) is 5.26 Å². The Morgan fingerprint density at radius 3 is 2.33 bits per heavy atom. The van der Waals surface area contributed by atoms with Crippen LogP contribution in [0.25, 0.3) is 0 Å². The van der Waals surface area contributed by atoms with Crippen molar-refractivity contribution in [2.24, 2.45) is 5.92 Å². The zero-order valence-corrected chi connectivity index (χ0v) is 12.5. The van der Waals surface area contributed by atoms with Crippen LogP contribution in [0.5, 0.6) is 0 Å². The van der Waals surface area contributed by atoms with E-state index < -0.39 is 11.4 Å². The van der Waals surface area contributed by atoms with Gasteiger partial charge in [0.15, 0.2) is 0 Å². The van der Waals surface area contributed by atoms with Crippen LogP contribution < -0.4 is 5.32 Å². The van der Waals surface area contributed by atoms with Crippen molar-refractivity contribution in [1.29, 1.82) is 5.26 Å². The lowest BCUT2D eigenvalue weighted by molar-refractivity contribution is -0.138. The number of rotatable bonds is 6. The second-order valence-corrected chi connectivity index (χ2v) is 5.77. The van der Waals surface area contributed by atoms with Gasteiger partial charge in [-0.25, -0.2) is 0 Å². The zero-order valence-electron chi connectivity index (χ0n) is 12.5. The number of anilines is 1. The van der Waals surface area contributed by atoms with Crippen LogP contribution in [0.3, 0.4) is 0 Å². The molecule has 0 aliphatic heterocycles. The molecule has 0 heterocycles. The highest BCUT2D eigenvalue weighted by Crippen LogP contribution is 2.23. The minimum absolute atomic E-state index is 0.0251. The first-order chi connectivity index (χ1) is 9.74. The van der Waals surface area contributed by atoms with Gasteiger partial charge in [0.2, 0.25) is 5.91 Å². The Labute approximate surface area is 124 Å². The van der Waals surface area contributed by atoms with Crippen molar-refractivity contribution in [2.45, 2.75) is 39.0 Å². The van der Waals surface area contributed by atoms with Crippen LogP contribution >= 0.6 is 0 Å². The fourth-order valence-electron chi connectivity index (χ4n) is 1.93.